The van der Waals surface area contributed by atoms with E-state index in [0.717, 1.165) is 48.6 Å². The molecule has 0 saturated carbocycles. The zero-order chi connectivity index (χ0) is 40.5. The third-order valence-electron chi connectivity index (χ3n) is 11.1. The Hall–Kier alpha value is -3.32. The fraction of sp³-hybridized carbons (Fsp3) is 0.714. The van der Waals surface area contributed by atoms with Crippen LogP contribution in [0.4, 0.5) is 0 Å². The van der Waals surface area contributed by atoms with Crippen LogP contribution in [0.2, 0.25) is 0 Å². The zero-order valence-corrected chi connectivity index (χ0v) is 35.0. The summed E-state index contributed by atoms with van der Waals surface area (Å²) in [5.74, 6) is -0.0986. The highest BCUT2D eigenvalue weighted by Crippen LogP contribution is 2.30. The number of hydrogen-bond donors (Lipinski definition) is 3. The summed E-state index contributed by atoms with van der Waals surface area (Å²) in [5.41, 5.74) is 7.33. The number of amides is 3. The second-order valence-corrected chi connectivity index (χ2v) is 15.0. The first kappa shape index (κ1) is 46.8. The Bertz CT molecular complexity index is 1440. The van der Waals surface area contributed by atoms with E-state index in [9.17, 15) is 19.2 Å². The first-order chi connectivity index (χ1) is 25.7. The van der Waals surface area contributed by atoms with E-state index < -0.39 is 18.1 Å². The van der Waals surface area contributed by atoms with Crippen molar-refractivity contribution in [1.29, 1.82) is 0 Å². The van der Waals surface area contributed by atoms with Gasteiger partial charge in [-0.25, -0.2) is 5.06 Å². The van der Waals surface area contributed by atoms with Crippen molar-refractivity contribution in [1.82, 2.24) is 20.3 Å². The van der Waals surface area contributed by atoms with Gasteiger partial charge < -0.3 is 30.4 Å². The van der Waals surface area contributed by atoms with Crippen molar-refractivity contribution >= 4 is 34.4 Å². The molecule has 2 saturated heterocycles. The maximum absolute atomic E-state index is 13.9. The number of fused-ring (bicyclic) bond motifs is 1. The van der Waals surface area contributed by atoms with E-state index in [4.69, 9.17) is 20.0 Å². The molecule has 2 aliphatic rings. The number of nitrogens with two attached hydrogens (primary N) is 1. The first-order valence-electron chi connectivity index (χ1n) is 20.2. The van der Waals surface area contributed by atoms with Crippen LogP contribution < -0.4 is 11.1 Å². The first-order valence-corrected chi connectivity index (χ1v) is 20.2. The highest BCUT2D eigenvalue weighted by Gasteiger charge is 2.41. The summed E-state index contributed by atoms with van der Waals surface area (Å²) in [6.07, 6.45) is 6.18. The van der Waals surface area contributed by atoms with Crippen molar-refractivity contribution in [2.75, 3.05) is 33.9 Å². The number of aromatic amines is 1. The monoisotopic (exact) mass is 758 g/mol. The van der Waals surface area contributed by atoms with Crippen LogP contribution in [-0.4, -0.2) is 103 Å². The lowest BCUT2D eigenvalue weighted by Crippen LogP contribution is -2.55. The molecule has 2 aliphatic heterocycles. The second-order valence-electron chi connectivity index (χ2n) is 15.0. The highest BCUT2D eigenvalue weighted by molar-refractivity contribution is 5.90. The van der Waals surface area contributed by atoms with E-state index >= 15 is 0 Å². The molecule has 4 N–H and O–H groups in total. The Morgan fingerprint density at radius 3 is 2.24 bits per heavy atom. The maximum Gasteiger partial charge on any atom is 0.269 e. The van der Waals surface area contributed by atoms with Crippen molar-refractivity contribution in [3.63, 3.8) is 0 Å². The molecule has 6 unspecified atom stereocenters. The molecule has 4 rings (SSSR count). The molecule has 12 nitrogen and oxygen atoms in total. The number of benzene rings is 1. The minimum Gasteiger partial charge on any atom is -0.381 e. The number of para-hydroxylation sites is 1. The van der Waals surface area contributed by atoms with Crippen LogP contribution in [0.15, 0.2) is 30.5 Å². The number of aromatic nitrogens is 1. The summed E-state index contributed by atoms with van der Waals surface area (Å²) in [6.45, 7) is 19.3. The van der Waals surface area contributed by atoms with Gasteiger partial charge in [0.15, 0.2) is 0 Å². The quantitative estimate of drug-likeness (QED) is 0.187. The Morgan fingerprint density at radius 1 is 1.00 bits per heavy atom. The topological polar surface area (TPSA) is 156 Å². The number of carbonyl (C=O) groups excluding carboxylic acids is 4. The average molecular weight is 758 g/mol. The minimum absolute atomic E-state index is 0.0267. The summed E-state index contributed by atoms with van der Waals surface area (Å²) < 4.78 is 11.7. The van der Waals surface area contributed by atoms with Gasteiger partial charge in [-0.1, -0.05) is 80.0 Å². The van der Waals surface area contributed by atoms with Gasteiger partial charge in [0.25, 0.3) is 5.91 Å². The smallest absolute Gasteiger partial charge is 0.269 e. The van der Waals surface area contributed by atoms with E-state index in [1.54, 1.807) is 14.2 Å². The van der Waals surface area contributed by atoms with Crippen molar-refractivity contribution in [2.24, 2.45) is 29.4 Å². The molecule has 1 aromatic carbocycles. The number of methoxy groups -OCH3 is 2. The SMILES string of the molecule is CC.CC(=O)[C@@H](N)C(C)C.CCC(C)C(C)C(CC(=O)N1CCCC1C(OC)C(C)C(=O)N[C@@H](Cc1c[nH]c2ccccc12)C(=O)N1CCCCO1)OC. The normalized spacial score (nSPS) is 19.7. The van der Waals surface area contributed by atoms with Crippen LogP contribution in [0.1, 0.15) is 106 Å². The van der Waals surface area contributed by atoms with E-state index in [1.165, 1.54) is 12.0 Å². The fourth-order valence-corrected chi connectivity index (χ4v) is 7.24. The van der Waals surface area contributed by atoms with E-state index in [1.807, 2.05) is 70.0 Å². The zero-order valence-electron chi connectivity index (χ0n) is 35.0. The maximum atomic E-state index is 13.9. The van der Waals surface area contributed by atoms with Crippen LogP contribution in [0, 0.1) is 23.7 Å². The summed E-state index contributed by atoms with van der Waals surface area (Å²) in [7, 11) is 3.26. The van der Waals surface area contributed by atoms with Gasteiger partial charge in [-0.05, 0) is 62.0 Å². The lowest BCUT2D eigenvalue weighted by Gasteiger charge is -2.36. The van der Waals surface area contributed by atoms with Gasteiger partial charge in [0.2, 0.25) is 11.8 Å². The third kappa shape index (κ3) is 12.9. The lowest BCUT2D eigenvalue weighted by molar-refractivity contribution is -0.199. The Balaban J connectivity index is 0.000000893. The van der Waals surface area contributed by atoms with E-state index in [-0.39, 0.29) is 53.5 Å². The molecular formula is C42H71N5O7. The van der Waals surface area contributed by atoms with Crippen molar-refractivity contribution in [2.45, 2.75) is 138 Å². The van der Waals surface area contributed by atoms with Crippen molar-refractivity contribution in [3.05, 3.63) is 36.0 Å². The summed E-state index contributed by atoms with van der Waals surface area (Å²) >= 11 is 0. The van der Waals surface area contributed by atoms with Gasteiger partial charge in [-0.15, -0.1) is 0 Å². The molecule has 0 radical (unpaired) electrons. The molecule has 54 heavy (non-hydrogen) atoms. The van der Waals surface area contributed by atoms with Crippen LogP contribution in [-0.2, 0) is 39.9 Å². The number of H-pyrrole nitrogens is 1. The average Bonchev–Trinajstić information content (AvgIpc) is 3.84. The van der Waals surface area contributed by atoms with E-state index in [0.29, 0.717) is 38.5 Å². The number of Topliss-reactive ketones (excluding diaryl/α,β-unsaturated/α-hetero) is 1. The van der Waals surface area contributed by atoms with Crippen molar-refractivity contribution < 1.29 is 33.5 Å². The molecule has 0 aliphatic carbocycles. The molecule has 1 aromatic heterocycles. The third-order valence-corrected chi connectivity index (χ3v) is 11.1. The highest BCUT2D eigenvalue weighted by atomic mass is 16.7. The molecule has 8 atom stereocenters. The van der Waals surface area contributed by atoms with Crippen LogP contribution in [0.5, 0.6) is 0 Å². The van der Waals surface area contributed by atoms with Crippen LogP contribution in [0.3, 0.4) is 0 Å². The molecule has 0 bridgehead atoms. The fourth-order valence-electron chi connectivity index (χ4n) is 7.24. The van der Waals surface area contributed by atoms with Gasteiger partial charge >= 0.3 is 0 Å². The second kappa shape index (κ2) is 23.6. The Kier molecular flexibility index (Phi) is 20.4. The lowest BCUT2D eigenvalue weighted by atomic mass is 9.87. The molecule has 2 fully saturated rings. The van der Waals surface area contributed by atoms with Crippen LogP contribution in [0.25, 0.3) is 10.9 Å². The molecule has 306 valence electrons. The molecule has 12 heteroatoms. The number of hydroxylamine groups is 2. The molecular weight excluding hydrogens is 686 g/mol. The standard InChI is InChI=1S/C34H52N4O6.C6H13NO.C2H6/c1-7-22(2)23(3)30(42-5)20-31(39)37-16-12-15-29(37)32(43-6)24(4)33(40)36-28(34(41)38-17-10-11-18-44-38)19-25-21-35-27-14-9-8-13-26(25)27;1-4(2)6(7)5(3)8;1-2/h8-9,13-14,21-24,28-30,32,35H,7,10-12,15-20H2,1-6H3,(H,36,40);4,6H,7H2,1-3H3;1-2H3/t22?,23?,24?,28-,29?,30?,32?;6-;/m00./s1. The molecule has 0 spiro atoms. The van der Waals surface area contributed by atoms with Crippen molar-refractivity contribution in [3.8, 4) is 0 Å². The Labute approximate surface area is 324 Å². The summed E-state index contributed by atoms with van der Waals surface area (Å²) in [6, 6.07) is 6.60. The summed E-state index contributed by atoms with van der Waals surface area (Å²) in [5, 5.41) is 5.45. The number of nitrogens with one attached hydrogen (secondary N) is 2. The molecule has 3 heterocycles. The van der Waals surface area contributed by atoms with Gasteiger partial charge in [0, 0.05) is 50.8 Å². The minimum atomic E-state index is -0.814. The van der Waals surface area contributed by atoms with E-state index in [2.05, 4.69) is 31.1 Å². The number of carbonyl (C=O) groups is 4. The van der Waals surface area contributed by atoms with Gasteiger partial charge in [-0.3, -0.25) is 24.0 Å². The number of rotatable bonds is 16. The number of ketones is 1. The number of hydrogen-bond acceptors (Lipinski definition) is 8. The Morgan fingerprint density at radius 2 is 1.69 bits per heavy atom. The number of ether oxygens (including phenoxy) is 2. The molecule has 2 aromatic rings. The molecule has 3 amide bonds. The predicted octanol–water partition coefficient (Wildman–Crippen LogP) is 6.06. The number of nitrogens with zero attached hydrogens (tertiary/aromatic N) is 2. The largest absolute Gasteiger partial charge is 0.381 e. The summed E-state index contributed by atoms with van der Waals surface area (Å²) in [4.78, 5) is 62.4. The predicted molar refractivity (Wildman–Crippen MR) is 214 cm³/mol. The van der Waals surface area contributed by atoms with Gasteiger partial charge in [0.1, 0.15) is 11.8 Å². The van der Waals surface area contributed by atoms with Gasteiger partial charge in [0.05, 0.1) is 43.2 Å². The number of likely N-dealkylation sites (tertiary alicyclic amines) is 1. The van der Waals surface area contributed by atoms with Gasteiger partial charge in [-0.2, -0.15) is 0 Å². The van der Waals surface area contributed by atoms with Crippen LogP contribution >= 0.6 is 0 Å².